The number of hydrogen-bond donors (Lipinski definition) is 2. The molecule has 2 aromatic rings. The van der Waals surface area contributed by atoms with Gasteiger partial charge in [-0.2, -0.15) is 0 Å². The van der Waals surface area contributed by atoms with E-state index in [9.17, 15) is 10.0 Å². The summed E-state index contributed by atoms with van der Waals surface area (Å²) in [6.07, 6.45) is 6.61. The number of methoxy groups -OCH3 is 1. The first kappa shape index (κ1) is 22.9. The van der Waals surface area contributed by atoms with E-state index in [-0.39, 0.29) is 6.54 Å². The predicted molar refractivity (Wildman–Crippen MR) is 125 cm³/mol. The number of alkyl carbamates (subject to hydrolysis) is 1. The van der Waals surface area contributed by atoms with Crippen LogP contribution in [-0.4, -0.2) is 41.3 Å². The number of hydrogen-bond acceptors (Lipinski definition) is 4. The van der Waals surface area contributed by atoms with E-state index in [4.69, 9.17) is 9.47 Å². The number of halogens is 1. The van der Waals surface area contributed by atoms with Gasteiger partial charge in [-0.1, -0.05) is 15.9 Å². The fourth-order valence-electron chi connectivity index (χ4n) is 3.38. The van der Waals surface area contributed by atoms with E-state index in [1.165, 1.54) is 6.21 Å². The van der Waals surface area contributed by atoms with Gasteiger partial charge in [0.15, 0.2) is 6.21 Å². The molecule has 1 heterocycles. The van der Waals surface area contributed by atoms with Crippen molar-refractivity contribution >= 4 is 34.3 Å². The Labute approximate surface area is 190 Å². The minimum absolute atomic E-state index is 0.0980. The van der Waals surface area contributed by atoms with Crippen molar-refractivity contribution in [2.75, 3.05) is 13.7 Å². The molecule has 1 unspecified atom stereocenters. The van der Waals surface area contributed by atoms with Crippen molar-refractivity contribution in [1.29, 1.82) is 0 Å². The number of rotatable bonds is 6. The number of nitrogens with zero attached hydrogens (tertiary/aromatic N) is 1. The molecule has 1 aliphatic carbocycles. The second-order valence-electron chi connectivity index (χ2n) is 8.39. The molecule has 1 aromatic heterocycles. The van der Waals surface area contributed by atoms with Crippen LogP contribution in [0.25, 0.3) is 6.08 Å². The number of aromatic amines is 1. The summed E-state index contributed by atoms with van der Waals surface area (Å²) in [4.78, 5) is 15.5. The molecule has 166 valence electrons. The van der Waals surface area contributed by atoms with Crippen molar-refractivity contribution in [1.82, 2.24) is 10.3 Å². The topological polar surface area (TPSA) is 89.4 Å². The largest absolute Gasteiger partial charge is 0.623 e. The number of aryl methyl sites for hydroxylation is 1. The van der Waals surface area contributed by atoms with E-state index in [1.807, 2.05) is 24.4 Å². The van der Waals surface area contributed by atoms with E-state index >= 15 is 0 Å². The Balaban J connectivity index is 1.90. The first-order valence-electron chi connectivity index (χ1n) is 10.1. The van der Waals surface area contributed by atoms with Crippen LogP contribution in [0.1, 0.15) is 55.6 Å². The third kappa shape index (κ3) is 6.13. The number of H-pyrrole nitrogens is 1. The molecule has 0 fully saturated rings. The Hall–Kier alpha value is -2.74. The highest BCUT2D eigenvalue weighted by atomic mass is 79.9. The average molecular weight is 490 g/mol. The molecule has 0 radical (unpaired) electrons. The first-order chi connectivity index (χ1) is 14.7. The monoisotopic (exact) mass is 489 g/mol. The molecule has 1 amide bonds. The molecule has 1 aliphatic rings. The van der Waals surface area contributed by atoms with Crippen LogP contribution in [0, 0.1) is 5.21 Å². The van der Waals surface area contributed by atoms with Crippen LogP contribution in [0.3, 0.4) is 0 Å². The number of fused-ring (bicyclic) bond motifs is 1. The summed E-state index contributed by atoms with van der Waals surface area (Å²) in [7, 11) is 1.59. The minimum Gasteiger partial charge on any atom is -0.623 e. The summed E-state index contributed by atoms with van der Waals surface area (Å²) in [5.74, 6) is 0.715. The summed E-state index contributed by atoms with van der Waals surface area (Å²) in [5, 5.41) is 16.0. The molecule has 1 atom stereocenters. The average Bonchev–Trinajstić information content (AvgIpc) is 3.10. The maximum atomic E-state index is 13.2. The van der Waals surface area contributed by atoms with Crippen molar-refractivity contribution in [3.05, 3.63) is 62.5 Å². The predicted octanol–water partition coefficient (Wildman–Crippen LogP) is 4.90. The van der Waals surface area contributed by atoms with Crippen LogP contribution < -0.4 is 10.1 Å². The second kappa shape index (κ2) is 9.60. The summed E-state index contributed by atoms with van der Waals surface area (Å²) >= 11 is 3.57. The van der Waals surface area contributed by atoms with Crippen molar-refractivity contribution in [3.63, 3.8) is 0 Å². The smallest absolute Gasteiger partial charge is 0.407 e. The molecular formula is C23H28BrN3O4. The van der Waals surface area contributed by atoms with E-state index in [1.54, 1.807) is 40.0 Å². The normalized spacial score (nSPS) is 15.0. The third-order valence-electron chi connectivity index (χ3n) is 4.85. The Bertz CT molecular complexity index is 987. The lowest BCUT2D eigenvalue weighted by atomic mass is 9.97. The quantitative estimate of drug-likeness (QED) is 0.261. The van der Waals surface area contributed by atoms with Gasteiger partial charge in [0.2, 0.25) is 6.04 Å². The maximum absolute atomic E-state index is 13.2. The SMILES string of the molecule is COc1ccc(/C=[N+](\[O-])C(CNC(=O)OC(C)(C)C)c2c[nH]c3c2C=C(Br)CC3)cc1. The maximum Gasteiger partial charge on any atom is 0.407 e. The molecule has 0 bridgehead atoms. The summed E-state index contributed by atoms with van der Waals surface area (Å²) in [6.45, 7) is 5.49. The van der Waals surface area contributed by atoms with Crippen LogP contribution in [0.4, 0.5) is 4.79 Å². The number of hydroxylamine groups is 1. The fraction of sp³-hybridized carbons (Fsp3) is 0.391. The highest BCUT2D eigenvalue weighted by molar-refractivity contribution is 9.11. The third-order valence-corrected chi connectivity index (χ3v) is 5.48. The van der Waals surface area contributed by atoms with Crippen molar-refractivity contribution in [2.45, 2.75) is 45.3 Å². The van der Waals surface area contributed by atoms with Crippen LogP contribution in [0.2, 0.25) is 0 Å². The molecule has 2 N–H and O–H groups in total. The standard InChI is InChI=1S/C23H28BrN3O4/c1-23(2,3)31-22(28)26-13-21(19-12-25-20-10-7-16(24)11-18(19)20)27(29)14-15-5-8-17(30-4)9-6-15/h5-6,8-9,11-12,14,21,25H,7,10,13H2,1-4H3,(H,26,28)/b27-14-. The van der Waals surface area contributed by atoms with Crippen LogP contribution in [-0.2, 0) is 11.2 Å². The van der Waals surface area contributed by atoms with Gasteiger partial charge in [-0.25, -0.2) is 9.53 Å². The van der Waals surface area contributed by atoms with Gasteiger partial charge in [0.25, 0.3) is 0 Å². The zero-order valence-electron chi connectivity index (χ0n) is 18.2. The van der Waals surface area contributed by atoms with E-state index < -0.39 is 17.7 Å². The number of aromatic nitrogens is 1. The van der Waals surface area contributed by atoms with Gasteiger partial charge in [-0.3, -0.25) is 0 Å². The number of benzene rings is 1. The number of allylic oxidation sites excluding steroid dienone is 1. The number of amides is 1. The Morgan fingerprint density at radius 1 is 1.32 bits per heavy atom. The van der Waals surface area contributed by atoms with Crippen LogP contribution >= 0.6 is 15.9 Å². The number of carbonyl (C=O) groups is 1. The van der Waals surface area contributed by atoms with Gasteiger partial charge in [-0.15, -0.1) is 0 Å². The van der Waals surface area contributed by atoms with Crippen molar-refractivity contribution in [3.8, 4) is 5.75 Å². The molecule has 7 nitrogen and oxygen atoms in total. The second-order valence-corrected chi connectivity index (χ2v) is 9.41. The minimum atomic E-state index is -0.635. The van der Waals surface area contributed by atoms with Gasteiger partial charge >= 0.3 is 6.09 Å². The Morgan fingerprint density at radius 2 is 2.03 bits per heavy atom. The van der Waals surface area contributed by atoms with Gasteiger partial charge in [-0.05, 0) is 68.4 Å². The first-order valence-corrected chi connectivity index (χ1v) is 10.9. The molecular weight excluding hydrogens is 462 g/mol. The lowest BCUT2D eigenvalue weighted by Crippen LogP contribution is -2.37. The van der Waals surface area contributed by atoms with Crippen molar-refractivity contribution in [2.24, 2.45) is 0 Å². The molecule has 31 heavy (non-hydrogen) atoms. The van der Waals surface area contributed by atoms with Crippen LogP contribution in [0.15, 0.2) is 34.9 Å². The number of nitrogens with one attached hydrogen (secondary N) is 2. The van der Waals surface area contributed by atoms with Gasteiger partial charge in [0, 0.05) is 28.6 Å². The van der Waals surface area contributed by atoms with Crippen LogP contribution in [0.5, 0.6) is 5.75 Å². The summed E-state index contributed by atoms with van der Waals surface area (Å²) in [6, 6.07) is 6.58. The Morgan fingerprint density at radius 3 is 2.68 bits per heavy atom. The lowest BCUT2D eigenvalue weighted by Gasteiger charge is -2.22. The fourth-order valence-corrected chi connectivity index (χ4v) is 3.81. The molecule has 3 rings (SSSR count). The van der Waals surface area contributed by atoms with Gasteiger partial charge in [0.1, 0.15) is 11.4 Å². The Kier molecular flexibility index (Phi) is 7.10. The summed E-state index contributed by atoms with van der Waals surface area (Å²) < 4.78 is 12.5. The highest BCUT2D eigenvalue weighted by Crippen LogP contribution is 2.33. The zero-order chi connectivity index (χ0) is 22.6. The molecule has 0 saturated carbocycles. The van der Waals surface area contributed by atoms with Crippen molar-refractivity contribution < 1.29 is 19.0 Å². The highest BCUT2D eigenvalue weighted by Gasteiger charge is 2.28. The molecule has 0 aliphatic heterocycles. The lowest BCUT2D eigenvalue weighted by molar-refractivity contribution is -0.500. The zero-order valence-corrected chi connectivity index (χ0v) is 19.8. The molecule has 0 spiro atoms. The van der Waals surface area contributed by atoms with E-state index in [0.717, 1.165) is 44.4 Å². The number of carbonyl (C=O) groups excluding carboxylic acids is 1. The van der Waals surface area contributed by atoms with E-state index in [0.29, 0.717) is 5.75 Å². The number of ether oxygens (including phenoxy) is 2. The van der Waals surface area contributed by atoms with Gasteiger partial charge in [0.05, 0.1) is 13.7 Å². The summed E-state index contributed by atoms with van der Waals surface area (Å²) in [5.41, 5.74) is 3.00. The molecule has 0 saturated heterocycles. The molecule has 8 heteroatoms. The van der Waals surface area contributed by atoms with Gasteiger partial charge < -0.3 is 25.0 Å². The van der Waals surface area contributed by atoms with E-state index in [2.05, 4.69) is 26.2 Å². The molecule has 1 aromatic carbocycles.